The first-order valence-electron chi connectivity index (χ1n) is 9.41. The lowest BCUT2D eigenvalue weighted by Crippen LogP contribution is -2.47. The van der Waals surface area contributed by atoms with Crippen molar-refractivity contribution in [2.24, 2.45) is 10.9 Å². The Hall–Kier alpha value is 0.270. The fourth-order valence-corrected chi connectivity index (χ4v) is 4.27. The average Bonchev–Trinajstić information content (AvgIpc) is 2.95. The molecule has 0 aromatic heterocycles. The summed E-state index contributed by atoms with van der Waals surface area (Å²) in [7, 11) is 0. The quantitative estimate of drug-likeness (QED) is 0.345. The van der Waals surface area contributed by atoms with Crippen molar-refractivity contribution in [2.75, 3.05) is 45.6 Å². The molecule has 0 spiro atoms. The van der Waals surface area contributed by atoms with Gasteiger partial charge in [-0.25, -0.2) is 0 Å². The van der Waals surface area contributed by atoms with Crippen LogP contribution in [0.15, 0.2) is 4.99 Å². The summed E-state index contributed by atoms with van der Waals surface area (Å²) in [6.45, 7) is 14.8. The van der Waals surface area contributed by atoms with Gasteiger partial charge in [0.1, 0.15) is 0 Å². The molecule has 0 aromatic rings. The number of ether oxygens (including phenoxy) is 1. The molecule has 0 amide bonds. The van der Waals surface area contributed by atoms with Crippen molar-refractivity contribution in [2.45, 2.75) is 57.4 Å². The Morgan fingerprint density at radius 3 is 2.52 bits per heavy atom. The van der Waals surface area contributed by atoms with E-state index in [9.17, 15) is 0 Å². The van der Waals surface area contributed by atoms with Crippen LogP contribution in [0.3, 0.4) is 0 Å². The maximum absolute atomic E-state index is 5.54. The van der Waals surface area contributed by atoms with Crippen LogP contribution in [0.4, 0.5) is 0 Å². The molecule has 7 heteroatoms. The van der Waals surface area contributed by atoms with Gasteiger partial charge in [-0.15, -0.1) is 24.0 Å². The van der Waals surface area contributed by atoms with E-state index in [2.05, 4.69) is 49.5 Å². The molecule has 2 unspecified atom stereocenters. The van der Waals surface area contributed by atoms with Crippen LogP contribution in [0.25, 0.3) is 0 Å². The highest BCUT2D eigenvalue weighted by Crippen LogP contribution is 2.34. The van der Waals surface area contributed by atoms with Crippen LogP contribution in [0.1, 0.15) is 40.5 Å². The number of guanidine groups is 1. The minimum Gasteiger partial charge on any atom is -0.381 e. The first kappa shape index (κ1) is 23.3. The van der Waals surface area contributed by atoms with Gasteiger partial charge in [0.2, 0.25) is 0 Å². The minimum atomic E-state index is 0. The smallest absolute Gasteiger partial charge is 0.191 e. The lowest BCUT2D eigenvalue weighted by molar-refractivity contribution is 0.0794. The SMILES string of the molecule is CCNC(=NCC1(SC)CCOCC1)NC1CN(C(C)C)CC1C.I. The Morgan fingerprint density at radius 2 is 2.00 bits per heavy atom. The van der Waals surface area contributed by atoms with E-state index in [1.807, 2.05) is 11.8 Å². The van der Waals surface area contributed by atoms with Crippen LogP contribution in [0.5, 0.6) is 0 Å². The zero-order valence-corrected chi connectivity index (χ0v) is 19.7. The molecule has 2 aliphatic rings. The number of nitrogens with one attached hydrogen (secondary N) is 2. The second-order valence-corrected chi connectivity index (χ2v) is 8.74. The van der Waals surface area contributed by atoms with E-state index in [4.69, 9.17) is 9.73 Å². The van der Waals surface area contributed by atoms with E-state index in [1.54, 1.807) is 0 Å². The Balaban J connectivity index is 0.00000312. The Morgan fingerprint density at radius 1 is 1.32 bits per heavy atom. The number of aliphatic imine (C=N–C) groups is 1. The van der Waals surface area contributed by atoms with Crippen molar-refractivity contribution in [1.29, 1.82) is 0 Å². The molecular formula is C18H37IN4OS. The molecule has 2 rings (SSSR count). The van der Waals surface area contributed by atoms with Crippen molar-refractivity contribution in [3.8, 4) is 0 Å². The summed E-state index contributed by atoms with van der Waals surface area (Å²) in [6.07, 6.45) is 4.40. The zero-order valence-electron chi connectivity index (χ0n) is 16.5. The predicted molar refractivity (Wildman–Crippen MR) is 120 cm³/mol. The van der Waals surface area contributed by atoms with E-state index >= 15 is 0 Å². The van der Waals surface area contributed by atoms with Crippen LogP contribution >= 0.6 is 35.7 Å². The summed E-state index contributed by atoms with van der Waals surface area (Å²) in [4.78, 5) is 7.50. The number of rotatable bonds is 6. The Kier molecular flexibility index (Phi) is 10.4. The molecule has 0 aromatic carbocycles. The van der Waals surface area contributed by atoms with Gasteiger partial charge in [0.05, 0.1) is 6.54 Å². The molecule has 2 heterocycles. The van der Waals surface area contributed by atoms with Gasteiger partial charge in [-0.05, 0) is 45.8 Å². The lowest BCUT2D eigenvalue weighted by atomic mass is 9.99. The fourth-order valence-electron chi connectivity index (χ4n) is 3.50. The third kappa shape index (κ3) is 6.74. The average molecular weight is 484 g/mol. The van der Waals surface area contributed by atoms with E-state index in [1.165, 1.54) is 6.54 Å². The van der Waals surface area contributed by atoms with Gasteiger partial charge in [-0.2, -0.15) is 11.8 Å². The third-order valence-corrected chi connectivity index (χ3v) is 6.80. The molecule has 0 aliphatic carbocycles. The maximum Gasteiger partial charge on any atom is 0.191 e. The topological polar surface area (TPSA) is 48.9 Å². The van der Waals surface area contributed by atoms with Crippen LogP contribution < -0.4 is 10.6 Å². The Labute approximate surface area is 175 Å². The fraction of sp³-hybridized carbons (Fsp3) is 0.944. The molecule has 25 heavy (non-hydrogen) atoms. The molecule has 5 nitrogen and oxygen atoms in total. The van der Waals surface area contributed by atoms with Crippen LogP contribution in [0.2, 0.25) is 0 Å². The molecule has 2 N–H and O–H groups in total. The van der Waals surface area contributed by atoms with Gasteiger partial charge in [0.25, 0.3) is 0 Å². The molecule has 2 saturated heterocycles. The van der Waals surface area contributed by atoms with Gasteiger partial charge < -0.3 is 15.4 Å². The van der Waals surface area contributed by atoms with Gasteiger partial charge >= 0.3 is 0 Å². The van der Waals surface area contributed by atoms with Gasteiger partial charge in [0.15, 0.2) is 5.96 Å². The molecular weight excluding hydrogens is 447 g/mol. The Bertz CT molecular complexity index is 416. The van der Waals surface area contributed by atoms with E-state index in [0.29, 0.717) is 18.0 Å². The number of halogens is 1. The second kappa shape index (κ2) is 11.2. The second-order valence-electron chi connectivity index (χ2n) is 7.47. The number of thioether (sulfide) groups is 1. The van der Waals surface area contributed by atoms with Crippen LogP contribution in [0, 0.1) is 5.92 Å². The largest absolute Gasteiger partial charge is 0.381 e. The lowest BCUT2D eigenvalue weighted by Gasteiger charge is -2.34. The van der Waals surface area contributed by atoms with E-state index in [-0.39, 0.29) is 28.7 Å². The standard InChI is InChI=1S/C18H36N4OS.HI/c1-6-19-17(20-13-18(24-5)7-9-23-10-8-18)21-16-12-22(14(2)3)11-15(16)4;/h14-16H,6-13H2,1-5H3,(H2,19,20,21);1H. The summed E-state index contributed by atoms with van der Waals surface area (Å²) in [5, 5.41) is 7.12. The molecule has 0 bridgehead atoms. The summed E-state index contributed by atoms with van der Waals surface area (Å²) < 4.78 is 5.78. The predicted octanol–water partition coefficient (Wildman–Crippen LogP) is 2.80. The summed E-state index contributed by atoms with van der Waals surface area (Å²) >= 11 is 1.95. The van der Waals surface area contributed by atoms with Crippen LogP contribution in [-0.2, 0) is 4.74 Å². The van der Waals surface area contributed by atoms with Gasteiger partial charge in [-0.1, -0.05) is 6.92 Å². The molecule has 2 atom stereocenters. The van der Waals surface area contributed by atoms with Crippen molar-refractivity contribution >= 4 is 41.7 Å². The van der Waals surface area contributed by atoms with Crippen molar-refractivity contribution in [1.82, 2.24) is 15.5 Å². The molecule has 2 aliphatic heterocycles. The highest BCUT2D eigenvalue weighted by Gasteiger charge is 2.33. The monoisotopic (exact) mass is 484 g/mol. The van der Waals surface area contributed by atoms with E-state index in [0.717, 1.165) is 51.6 Å². The first-order chi connectivity index (χ1) is 11.5. The summed E-state index contributed by atoms with van der Waals surface area (Å²) in [5.41, 5.74) is 0. The molecule has 2 fully saturated rings. The zero-order chi connectivity index (χ0) is 17.6. The van der Waals surface area contributed by atoms with Gasteiger partial charge in [0, 0.05) is 49.7 Å². The summed E-state index contributed by atoms with van der Waals surface area (Å²) in [5.74, 6) is 1.62. The maximum atomic E-state index is 5.54. The van der Waals surface area contributed by atoms with Gasteiger partial charge in [-0.3, -0.25) is 9.89 Å². The normalized spacial score (nSPS) is 27.2. The highest BCUT2D eigenvalue weighted by atomic mass is 127. The summed E-state index contributed by atoms with van der Waals surface area (Å²) in [6, 6.07) is 1.09. The number of nitrogens with zero attached hydrogens (tertiary/aromatic N) is 2. The third-order valence-electron chi connectivity index (χ3n) is 5.40. The molecule has 0 saturated carbocycles. The number of hydrogen-bond donors (Lipinski definition) is 2. The molecule has 0 radical (unpaired) electrons. The van der Waals surface area contributed by atoms with E-state index < -0.39 is 0 Å². The molecule has 148 valence electrons. The van der Waals surface area contributed by atoms with Crippen molar-refractivity contribution in [3.63, 3.8) is 0 Å². The number of likely N-dealkylation sites (tertiary alicyclic amines) is 1. The highest BCUT2D eigenvalue weighted by molar-refractivity contribution is 14.0. The number of hydrogen-bond acceptors (Lipinski definition) is 4. The van der Waals surface area contributed by atoms with Crippen molar-refractivity contribution in [3.05, 3.63) is 0 Å². The first-order valence-corrected chi connectivity index (χ1v) is 10.6. The minimum absolute atomic E-state index is 0. The van der Waals surface area contributed by atoms with Crippen LogP contribution in [-0.4, -0.2) is 73.3 Å². The van der Waals surface area contributed by atoms with Crippen molar-refractivity contribution < 1.29 is 4.74 Å².